The number of anilines is 1. The Morgan fingerprint density at radius 2 is 1.79 bits per heavy atom. The maximum absolute atomic E-state index is 12.9. The number of nitrogens with one attached hydrogen (secondary N) is 2. The van der Waals surface area contributed by atoms with E-state index in [1.165, 1.54) is 0 Å². The molecule has 1 fully saturated rings. The van der Waals surface area contributed by atoms with Crippen molar-refractivity contribution in [2.24, 2.45) is 0 Å². The first-order chi connectivity index (χ1) is 16.4. The van der Waals surface area contributed by atoms with Gasteiger partial charge in [0.05, 0.1) is 6.61 Å². The normalized spacial score (nSPS) is 13.7. The van der Waals surface area contributed by atoms with Crippen LogP contribution < -0.4 is 14.8 Å². The Morgan fingerprint density at radius 3 is 2.41 bits per heavy atom. The summed E-state index contributed by atoms with van der Waals surface area (Å²) in [5.41, 5.74) is 1.80. The van der Waals surface area contributed by atoms with Crippen molar-refractivity contribution in [2.75, 3.05) is 32.1 Å². The maximum Gasteiger partial charge on any atom is 0.257 e. The maximum atomic E-state index is 12.9. The number of amides is 2. The largest absolute Gasteiger partial charge is 0.488 e. The highest BCUT2D eigenvalue weighted by molar-refractivity contribution is 6.04. The highest BCUT2D eigenvalue weighted by atomic mass is 16.5. The number of carbonyl (C=O) groups excluding carboxylic acids is 2. The molecule has 1 aliphatic rings. The third-order valence-electron chi connectivity index (χ3n) is 5.31. The van der Waals surface area contributed by atoms with E-state index in [2.05, 4.69) is 15.5 Å². The minimum absolute atomic E-state index is 0.0212. The van der Waals surface area contributed by atoms with Crippen LogP contribution in [0.2, 0.25) is 0 Å². The van der Waals surface area contributed by atoms with E-state index < -0.39 is 0 Å². The number of aromatic amines is 1. The van der Waals surface area contributed by atoms with Gasteiger partial charge in [-0.2, -0.15) is 5.10 Å². The van der Waals surface area contributed by atoms with E-state index in [0.717, 1.165) is 25.2 Å². The molecule has 0 spiro atoms. The van der Waals surface area contributed by atoms with Gasteiger partial charge in [-0.05, 0) is 56.7 Å². The van der Waals surface area contributed by atoms with Crippen molar-refractivity contribution in [1.82, 2.24) is 15.1 Å². The molecule has 0 saturated carbocycles. The van der Waals surface area contributed by atoms with Crippen LogP contribution in [0, 0.1) is 6.92 Å². The van der Waals surface area contributed by atoms with Crippen LogP contribution in [0.3, 0.4) is 0 Å². The number of aromatic nitrogens is 2. The van der Waals surface area contributed by atoms with E-state index in [1.54, 1.807) is 55.6 Å². The lowest BCUT2D eigenvalue weighted by molar-refractivity contribution is 0.0651. The molecule has 0 aliphatic carbocycles. The number of benzene rings is 2. The Kier molecular flexibility index (Phi) is 7.12. The number of nitrogens with zero attached hydrogens (tertiary/aromatic N) is 2. The molecular weight excluding hydrogens is 436 g/mol. The van der Waals surface area contributed by atoms with Crippen molar-refractivity contribution < 1.29 is 23.8 Å². The Labute approximate surface area is 198 Å². The van der Waals surface area contributed by atoms with Crippen LogP contribution in [0.15, 0.2) is 48.5 Å². The number of hydrogen-bond acceptors (Lipinski definition) is 6. The molecule has 1 atom stereocenters. The van der Waals surface area contributed by atoms with Crippen LogP contribution in [-0.2, 0) is 4.74 Å². The fraction of sp³-hybridized carbons (Fsp3) is 0.320. The summed E-state index contributed by atoms with van der Waals surface area (Å²) in [6, 6.07) is 13.7. The van der Waals surface area contributed by atoms with Crippen molar-refractivity contribution >= 4 is 17.6 Å². The molecule has 3 aromatic rings. The fourth-order valence-corrected chi connectivity index (χ4v) is 3.50. The van der Waals surface area contributed by atoms with Gasteiger partial charge in [0.2, 0.25) is 0 Å². The van der Waals surface area contributed by atoms with Crippen LogP contribution in [0.5, 0.6) is 17.2 Å². The lowest BCUT2D eigenvalue weighted by Crippen LogP contribution is -2.41. The molecule has 2 aromatic carbocycles. The molecule has 2 heterocycles. The van der Waals surface area contributed by atoms with Crippen molar-refractivity contribution in [1.29, 1.82) is 0 Å². The van der Waals surface area contributed by atoms with Gasteiger partial charge in [-0.15, -0.1) is 0 Å². The van der Waals surface area contributed by atoms with Gasteiger partial charge in [-0.25, -0.2) is 0 Å². The fourth-order valence-electron chi connectivity index (χ4n) is 3.50. The smallest absolute Gasteiger partial charge is 0.257 e. The van der Waals surface area contributed by atoms with Gasteiger partial charge < -0.3 is 24.4 Å². The summed E-state index contributed by atoms with van der Waals surface area (Å²) in [6.45, 7) is 5.72. The third-order valence-corrected chi connectivity index (χ3v) is 5.31. The average molecular weight is 465 g/mol. The number of H-pyrrole nitrogens is 1. The number of likely N-dealkylation sites (tertiary alicyclic amines) is 1. The summed E-state index contributed by atoms with van der Waals surface area (Å²) in [5.74, 6) is 1.52. The van der Waals surface area contributed by atoms with Crippen LogP contribution in [0.1, 0.15) is 39.8 Å². The predicted molar refractivity (Wildman–Crippen MR) is 127 cm³/mol. The number of methoxy groups -OCH3 is 1. The predicted octanol–water partition coefficient (Wildman–Crippen LogP) is 4.02. The van der Waals surface area contributed by atoms with E-state index >= 15 is 0 Å². The summed E-state index contributed by atoms with van der Waals surface area (Å²) in [6.07, 6.45) is 0.821. The molecule has 0 bridgehead atoms. The molecule has 1 aliphatic heterocycles. The highest BCUT2D eigenvalue weighted by Gasteiger charge is 2.21. The zero-order valence-electron chi connectivity index (χ0n) is 19.5. The van der Waals surface area contributed by atoms with Gasteiger partial charge in [0.15, 0.2) is 5.82 Å². The lowest BCUT2D eigenvalue weighted by Gasteiger charge is -2.30. The standard InChI is InChI=1S/C25H28N4O5/c1-16-11-23(28-27-16)26-24(30)19-12-21(33-17(2)15-32-3)14-22(13-19)34-20-7-5-18(6-8-20)25(31)29-9-4-10-29/h5-8,11-14,17H,4,9-10,15H2,1-3H3,(H2,26,27,28,30). The van der Waals surface area contributed by atoms with Gasteiger partial charge in [0.1, 0.15) is 23.4 Å². The van der Waals surface area contributed by atoms with Gasteiger partial charge in [0, 0.05) is 49.2 Å². The van der Waals surface area contributed by atoms with Crippen LogP contribution in [-0.4, -0.2) is 59.8 Å². The van der Waals surface area contributed by atoms with Gasteiger partial charge in [-0.3, -0.25) is 14.7 Å². The van der Waals surface area contributed by atoms with Crippen molar-refractivity contribution in [3.8, 4) is 17.2 Å². The zero-order valence-corrected chi connectivity index (χ0v) is 19.5. The summed E-state index contributed by atoms with van der Waals surface area (Å²) >= 11 is 0. The van der Waals surface area contributed by atoms with E-state index in [9.17, 15) is 9.59 Å². The summed E-state index contributed by atoms with van der Waals surface area (Å²) in [7, 11) is 1.60. The monoisotopic (exact) mass is 464 g/mol. The molecule has 9 nitrogen and oxygen atoms in total. The lowest BCUT2D eigenvalue weighted by atomic mass is 10.1. The molecule has 2 amide bonds. The van der Waals surface area contributed by atoms with Gasteiger partial charge in [0.25, 0.3) is 11.8 Å². The molecule has 1 unspecified atom stereocenters. The zero-order chi connectivity index (χ0) is 24.1. The summed E-state index contributed by atoms with van der Waals surface area (Å²) in [4.78, 5) is 27.1. The quantitative estimate of drug-likeness (QED) is 0.495. The van der Waals surface area contributed by atoms with E-state index in [4.69, 9.17) is 14.2 Å². The molecule has 9 heteroatoms. The molecule has 178 valence electrons. The van der Waals surface area contributed by atoms with E-state index in [1.807, 2.05) is 18.7 Å². The number of aryl methyl sites for hydroxylation is 1. The van der Waals surface area contributed by atoms with Crippen molar-refractivity contribution in [3.05, 3.63) is 65.4 Å². The summed E-state index contributed by atoms with van der Waals surface area (Å²) < 4.78 is 17.1. The average Bonchev–Trinajstić information content (AvgIpc) is 3.17. The molecular formula is C25H28N4O5. The second kappa shape index (κ2) is 10.4. The van der Waals surface area contributed by atoms with Crippen LogP contribution in [0.25, 0.3) is 0 Å². The molecule has 1 aromatic heterocycles. The second-order valence-corrected chi connectivity index (χ2v) is 8.24. The Hall–Kier alpha value is -3.85. The number of ether oxygens (including phenoxy) is 3. The molecule has 2 N–H and O–H groups in total. The Balaban J connectivity index is 1.54. The number of rotatable bonds is 9. The molecule has 0 radical (unpaired) electrons. The second-order valence-electron chi connectivity index (χ2n) is 8.24. The van der Waals surface area contributed by atoms with Crippen molar-refractivity contribution in [3.63, 3.8) is 0 Å². The molecule has 4 rings (SSSR count). The molecule has 34 heavy (non-hydrogen) atoms. The Morgan fingerprint density at radius 1 is 1.06 bits per heavy atom. The number of hydrogen-bond donors (Lipinski definition) is 2. The van der Waals surface area contributed by atoms with Crippen LogP contribution >= 0.6 is 0 Å². The first-order valence-corrected chi connectivity index (χ1v) is 11.1. The van der Waals surface area contributed by atoms with Gasteiger partial charge in [-0.1, -0.05) is 0 Å². The first-order valence-electron chi connectivity index (χ1n) is 11.1. The van der Waals surface area contributed by atoms with Crippen LogP contribution in [0.4, 0.5) is 5.82 Å². The number of carbonyl (C=O) groups is 2. The third kappa shape index (κ3) is 5.74. The topological polar surface area (TPSA) is 106 Å². The Bertz CT molecular complexity index is 1150. The van der Waals surface area contributed by atoms with Gasteiger partial charge >= 0.3 is 0 Å². The SMILES string of the molecule is COCC(C)Oc1cc(Oc2ccc(C(=O)N3CCC3)cc2)cc(C(=O)Nc2cc(C)[nH]n2)c1. The van der Waals surface area contributed by atoms with Crippen molar-refractivity contribution in [2.45, 2.75) is 26.4 Å². The minimum Gasteiger partial charge on any atom is -0.488 e. The highest BCUT2D eigenvalue weighted by Crippen LogP contribution is 2.29. The first kappa shape index (κ1) is 23.3. The minimum atomic E-state index is -0.350. The van der Waals surface area contributed by atoms with E-state index in [-0.39, 0.29) is 17.9 Å². The summed E-state index contributed by atoms with van der Waals surface area (Å²) in [5, 5.41) is 9.60. The molecule has 1 saturated heterocycles. The van der Waals surface area contributed by atoms with E-state index in [0.29, 0.717) is 40.8 Å².